The predicted molar refractivity (Wildman–Crippen MR) is 82.3 cm³/mol. The zero-order valence-electron chi connectivity index (χ0n) is 12.4. The minimum atomic E-state index is -0.608. The van der Waals surface area contributed by atoms with Gasteiger partial charge in [-0.1, -0.05) is 18.1 Å². The summed E-state index contributed by atoms with van der Waals surface area (Å²) < 4.78 is 0. The van der Waals surface area contributed by atoms with Crippen LogP contribution in [0.2, 0.25) is 0 Å². The Kier molecular flexibility index (Phi) is 3.45. The highest BCUT2D eigenvalue weighted by Crippen LogP contribution is 2.44. The lowest BCUT2D eigenvalue weighted by atomic mass is 9.70. The highest BCUT2D eigenvalue weighted by molar-refractivity contribution is 5.40. The zero-order chi connectivity index (χ0) is 15.7. The third-order valence-corrected chi connectivity index (χ3v) is 4.76. The van der Waals surface area contributed by atoms with Gasteiger partial charge in [-0.15, -0.1) is 6.42 Å². The van der Waals surface area contributed by atoms with Gasteiger partial charge in [-0.05, 0) is 31.4 Å². The van der Waals surface area contributed by atoms with Crippen molar-refractivity contribution in [2.24, 2.45) is 0 Å². The van der Waals surface area contributed by atoms with Crippen LogP contribution in [0.1, 0.15) is 30.9 Å². The van der Waals surface area contributed by atoms with Crippen LogP contribution in [0.4, 0.5) is 0 Å². The second kappa shape index (κ2) is 5.30. The first-order valence-electron chi connectivity index (χ1n) is 7.32. The molecule has 3 heterocycles. The quantitative estimate of drug-likeness (QED) is 0.618. The van der Waals surface area contributed by atoms with Gasteiger partial charge in [-0.25, -0.2) is 0 Å². The summed E-state index contributed by atoms with van der Waals surface area (Å²) in [5.74, 6) is 2.79. The Morgan fingerprint density at radius 1 is 1.32 bits per heavy atom. The van der Waals surface area contributed by atoms with Crippen molar-refractivity contribution in [3.63, 3.8) is 0 Å². The lowest BCUT2D eigenvalue weighted by Crippen LogP contribution is -2.52. The maximum Gasteiger partial charge on any atom is 0.101 e. The number of rotatable bonds is 2. The van der Waals surface area contributed by atoms with E-state index in [-0.39, 0.29) is 18.1 Å². The van der Waals surface area contributed by atoms with Gasteiger partial charge in [0, 0.05) is 24.5 Å². The number of aromatic nitrogens is 1. The Bertz CT molecular complexity index is 728. The number of nitriles is 2. The average molecular weight is 288 g/mol. The fraction of sp³-hybridized carbons (Fsp3) is 0.389. The standard InChI is InChI=1S/C18H16N4/c1-3-13(2)22-16-4-5-17(22)8-18(7-16,12-20)15-6-14(9-19)10-21-11-15/h1,4-6,10-11,13,16-17H,7-8H2,2H3/t13?,16-,17+,18?. The molecule has 0 aromatic carbocycles. The average Bonchev–Trinajstić information content (AvgIpc) is 2.85. The molecule has 1 aromatic rings. The van der Waals surface area contributed by atoms with Crippen molar-refractivity contribution in [2.45, 2.75) is 43.3 Å². The third kappa shape index (κ3) is 2.08. The first kappa shape index (κ1) is 14.3. The van der Waals surface area contributed by atoms with Gasteiger partial charge >= 0.3 is 0 Å². The Hall–Kier alpha value is -2.61. The van der Waals surface area contributed by atoms with Crippen molar-refractivity contribution < 1.29 is 0 Å². The zero-order valence-corrected chi connectivity index (χ0v) is 12.4. The van der Waals surface area contributed by atoms with Gasteiger partial charge < -0.3 is 0 Å². The number of hydrogen-bond acceptors (Lipinski definition) is 4. The molecule has 0 amide bonds. The summed E-state index contributed by atoms with van der Waals surface area (Å²) in [6.07, 6.45) is 14.5. The van der Waals surface area contributed by atoms with Crippen LogP contribution in [0.15, 0.2) is 30.6 Å². The summed E-state index contributed by atoms with van der Waals surface area (Å²) in [5, 5.41) is 18.9. The third-order valence-electron chi connectivity index (χ3n) is 4.76. The summed E-state index contributed by atoms with van der Waals surface area (Å²) in [4.78, 5) is 6.41. The van der Waals surface area contributed by atoms with Crippen LogP contribution in [0.25, 0.3) is 0 Å². The second-order valence-corrected chi connectivity index (χ2v) is 5.99. The van der Waals surface area contributed by atoms with Crippen molar-refractivity contribution >= 4 is 0 Å². The molecule has 4 atom stereocenters. The van der Waals surface area contributed by atoms with Gasteiger partial charge in [0.25, 0.3) is 0 Å². The Balaban J connectivity index is 1.97. The minimum absolute atomic E-state index is 0.0465. The molecule has 2 unspecified atom stereocenters. The molecular weight excluding hydrogens is 272 g/mol. The SMILES string of the molecule is C#CC(C)N1[C@@H]2C=C[C@H]1CC(C#N)(c1cncc(C#N)c1)C2. The van der Waals surface area contributed by atoms with E-state index in [1.807, 2.05) is 6.92 Å². The molecule has 2 aliphatic heterocycles. The van der Waals surface area contributed by atoms with Crippen LogP contribution in [0, 0.1) is 35.0 Å². The predicted octanol–water partition coefficient (Wildman–Crippen LogP) is 2.14. The van der Waals surface area contributed by atoms with Gasteiger partial charge in [-0.2, -0.15) is 10.5 Å². The van der Waals surface area contributed by atoms with Gasteiger partial charge in [0.15, 0.2) is 0 Å². The normalized spacial score (nSPS) is 31.0. The molecule has 108 valence electrons. The minimum Gasteiger partial charge on any atom is -0.277 e. The first-order valence-corrected chi connectivity index (χ1v) is 7.32. The molecule has 1 aromatic heterocycles. The Labute approximate surface area is 130 Å². The Morgan fingerprint density at radius 2 is 2.00 bits per heavy atom. The molecule has 2 bridgehead atoms. The molecule has 3 rings (SSSR count). The van der Waals surface area contributed by atoms with Crippen LogP contribution >= 0.6 is 0 Å². The number of fused-ring (bicyclic) bond motifs is 2. The fourth-order valence-corrected chi connectivity index (χ4v) is 3.66. The number of pyridine rings is 1. The second-order valence-electron chi connectivity index (χ2n) is 5.99. The highest BCUT2D eigenvalue weighted by atomic mass is 15.2. The van der Waals surface area contributed by atoms with Crippen LogP contribution in [0.5, 0.6) is 0 Å². The molecule has 0 spiro atoms. The van der Waals surface area contributed by atoms with Gasteiger partial charge in [0.1, 0.15) is 6.07 Å². The van der Waals surface area contributed by atoms with Crippen molar-refractivity contribution in [2.75, 3.05) is 0 Å². The molecule has 4 nitrogen and oxygen atoms in total. The summed E-state index contributed by atoms with van der Waals surface area (Å²) in [6.45, 7) is 2.02. The monoisotopic (exact) mass is 288 g/mol. The van der Waals surface area contributed by atoms with E-state index in [9.17, 15) is 5.26 Å². The number of hydrogen-bond donors (Lipinski definition) is 0. The molecule has 4 heteroatoms. The number of terminal acetylenes is 1. The maximum absolute atomic E-state index is 9.86. The van der Waals surface area contributed by atoms with Crippen molar-refractivity contribution in [1.82, 2.24) is 9.88 Å². The first-order chi connectivity index (χ1) is 10.6. The van der Waals surface area contributed by atoms with E-state index in [4.69, 9.17) is 11.7 Å². The topological polar surface area (TPSA) is 63.7 Å². The molecule has 2 aliphatic rings. The van der Waals surface area contributed by atoms with Gasteiger partial charge in [0.05, 0.1) is 23.1 Å². The molecule has 1 fully saturated rings. The molecular formula is C18H16N4. The van der Waals surface area contributed by atoms with E-state index in [1.54, 1.807) is 12.3 Å². The Morgan fingerprint density at radius 3 is 2.55 bits per heavy atom. The van der Waals surface area contributed by atoms with E-state index in [0.29, 0.717) is 18.4 Å². The molecule has 0 saturated carbocycles. The van der Waals surface area contributed by atoms with E-state index >= 15 is 0 Å². The fourth-order valence-electron chi connectivity index (χ4n) is 3.66. The molecule has 0 N–H and O–H groups in total. The van der Waals surface area contributed by atoms with Crippen LogP contribution < -0.4 is 0 Å². The van der Waals surface area contributed by atoms with E-state index in [2.05, 4.69) is 40.1 Å². The summed E-state index contributed by atoms with van der Waals surface area (Å²) >= 11 is 0. The van der Waals surface area contributed by atoms with Crippen molar-refractivity contribution in [1.29, 1.82) is 10.5 Å². The van der Waals surface area contributed by atoms with Crippen molar-refractivity contribution in [3.05, 3.63) is 41.7 Å². The maximum atomic E-state index is 9.86. The number of piperidine rings is 1. The van der Waals surface area contributed by atoms with Gasteiger partial charge in [-0.3, -0.25) is 9.88 Å². The lowest BCUT2D eigenvalue weighted by molar-refractivity contribution is 0.102. The van der Waals surface area contributed by atoms with Crippen molar-refractivity contribution in [3.8, 4) is 24.5 Å². The molecule has 0 aliphatic carbocycles. The summed E-state index contributed by atoms with van der Waals surface area (Å²) in [7, 11) is 0. The van der Waals surface area contributed by atoms with Gasteiger partial charge in [0.2, 0.25) is 0 Å². The van der Waals surface area contributed by atoms with E-state index < -0.39 is 5.41 Å². The largest absolute Gasteiger partial charge is 0.277 e. The van der Waals surface area contributed by atoms with Crippen LogP contribution in [0.3, 0.4) is 0 Å². The molecule has 1 saturated heterocycles. The lowest BCUT2D eigenvalue weighted by Gasteiger charge is -2.44. The molecule has 22 heavy (non-hydrogen) atoms. The van der Waals surface area contributed by atoms with Crippen LogP contribution in [-0.4, -0.2) is 28.0 Å². The van der Waals surface area contributed by atoms with E-state index in [0.717, 1.165) is 5.56 Å². The highest BCUT2D eigenvalue weighted by Gasteiger charge is 2.48. The summed E-state index contributed by atoms with van der Waals surface area (Å²) in [5.41, 5.74) is 0.719. The smallest absolute Gasteiger partial charge is 0.101 e. The van der Waals surface area contributed by atoms with E-state index in [1.165, 1.54) is 6.20 Å². The molecule has 0 radical (unpaired) electrons. The number of nitrogens with zero attached hydrogens (tertiary/aromatic N) is 4. The summed E-state index contributed by atoms with van der Waals surface area (Å²) in [6, 6.07) is 6.75. The van der Waals surface area contributed by atoms with Crippen LogP contribution in [-0.2, 0) is 5.41 Å².